The van der Waals surface area contributed by atoms with Crippen LogP contribution in [-0.2, 0) is 14.4 Å². The highest BCUT2D eigenvalue weighted by atomic mass is 16.4. The van der Waals surface area contributed by atoms with Crippen LogP contribution in [0.25, 0.3) is 0 Å². The van der Waals surface area contributed by atoms with Gasteiger partial charge < -0.3 is 20.1 Å². The zero-order chi connectivity index (χ0) is 26.7. The third-order valence-electron chi connectivity index (χ3n) is 7.51. The van der Waals surface area contributed by atoms with Crippen molar-refractivity contribution in [2.24, 2.45) is 0 Å². The molecule has 0 fully saturated rings. The third-order valence-corrected chi connectivity index (χ3v) is 7.51. The van der Waals surface area contributed by atoms with Crippen LogP contribution in [0, 0.1) is 0 Å². The Bertz CT molecular complexity index is 583. The van der Waals surface area contributed by atoms with Crippen LogP contribution < -0.4 is 5.11 Å². The summed E-state index contributed by atoms with van der Waals surface area (Å²) in [6.45, 7) is 6.53. The van der Waals surface area contributed by atoms with Crippen molar-refractivity contribution in [3.63, 3.8) is 0 Å². The Morgan fingerprint density at radius 3 is 1.40 bits per heavy atom. The molecule has 0 bridgehead atoms. The van der Waals surface area contributed by atoms with Crippen molar-refractivity contribution in [2.45, 2.75) is 142 Å². The Balaban J connectivity index is 4.25. The van der Waals surface area contributed by atoms with Crippen molar-refractivity contribution in [3.8, 4) is 0 Å². The van der Waals surface area contributed by atoms with Gasteiger partial charge in [0, 0.05) is 0 Å². The maximum Gasteiger partial charge on any atom is 0.362 e. The number of aliphatic carboxylic acids is 3. The number of unbranched alkanes of at least 4 members (excludes halogenated alkanes) is 13. The monoisotopic (exact) mass is 497 g/mol. The highest BCUT2D eigenvalue weighted by Gasteiger charge is 2.50. The summed E-state index contributed by atoms with van der Waals surface area (Å²) >= 11 is 0. The number of carbonyl (C=O) groups excluding carboxylic acids is 1. The first-order chi connectivity index (χ1) is 16.6. The Morgan fingerprint density at radius 2 is 1.03 bits per heavy atom. The Hall–Kier alpha value is -1.89. The number of nitrogens with zero attached hydrogens (tertiary/aromatic N) is 1. The summed E-state index contributed by atoms with van der Waals surface area (Å²) in [6.07, 6.45) is 21.8. The second-order valence-electron chi connectivity index (χ2n) is 10.0. The quantitative estimate of drug-likeness (QED) is 0.112. The summed E-state index contributed by atoms with van der Waals surface area (Å²) in [7, 11) is 0. The Kier molecular flexibility index (Phi) is 18.3. The van der Waals surface area contributed by atoms with Crippen LogP contribution in [-0.4, -0.2) is 57.3 Å². The lowest BCUT2D eigenvalue weighted by Crippen LogP contribution is -2.72. The zero-order valence-corrected chi connectivity index (χ0v) is 22.7. The van der Waals surface area contributed by atoms with Gasteiger partial charge in [0.2, 0.25) is 0 Å². The molecule has 0 rings (SSSR count). The van der Waals surface area contributed by atoms with Gasteiger partial charge in [0.15, 0.2) is 12.1 Å². The molecule has 0 radical (unpaired) electrons. The molecule has 7 heteroatoms. The molecule has 0 aliphatic rings. The van der Waals surface area contributed by atoms with E-state index in [1.54, 1.807) is 0 Å². The molecule has 3 unspecified atom stereocenters. The summed E-state index contributed by atoms with van der Waals surface area (Å²) in [5, 5.41) is 30.9. The minimum absolute atomic E-state index is 0.185. The van der Waals surface area contributed by atoms with Crippen LogP contribution >= 0.6 is 0 Å². The number of carbonyl (C=O) groups is 3. The highest BCUT2D eigenvalue weighted by Crippen LogP contribution is 2.27. The van der Waals surface area contributed by atoms with E-state index in [0.717, 1.165) is 25.7 Å². The van der Waals surface area contributed by atoms with Gasteiger partial charge in [0.05, 0.1) is 12.5 Å². The fourth-order valence-electron chi connectivity index (χ4n) is 5.01. The fourth-order valence-corrected chi connectivity index (χ4v) is 5.01. The van der Waals surface area contributed by atoms with Crippen molar-refractivity contribution < 1.29 is 34.2 Å². The number of hydrogen-bond donors (Lipinski definition) is 2. The van der Waals surface area contributed by atoms with E-state index in [-0.39, 0.29) is 6.54 Å². The SMILES string of the molecule is CCC/C=C/CCCCCCCCCCCCCC[N+](C(C)C(=O)[O-])(C(C)C(=O)O)C(C)C(=O)O. The van der Waals surface area contributed by atoms with Gasteiger partial charge in [-0.1, -0.05) is 83.3 Å². The number of hydrogen-bond acceptors (Lipinski definition) is 4. The van der Waals surface area contributed by atoms with Crippen molar-refractivity contribution in [1.29, 1.82) is 0 Å². The molecule has 0 heterocycles. The van der Waals surface area contributed by atoms with Gasteiger partial charge in [0.25, 0.3) is 0 Å². The van der Waals surface area contributed by atoms with Gasteiger partial charge in [-0.3, -0.25) is 4.48 Å². The molecule has 0 amide bonds. The molecule has 0 saturated carbocycles. The zero-order valence-electron chi connectivity index (χ0n) is 22.7. The average molecular weight is 498 g/mol. The number of allylic oxidation sites excluding steroid dienone is 2. The van der Waals surface area contributed by atoms with Crippen LogP contribution in [0.15, 0.2) is 12.2 Å². The molecule has 7 nitrogen and oxygen atoms in total. The predicted molar refractivity (Wildman–Crippen MR) is 138 cm³/mol. The van der Waals surface area contributed by atoms with Crippen LogP contribution in [0.1, 0.15) is 124 Å². The molecule has 3 atom stereocenters. The van der Waals surface area contributed by atoms with Crippen molar-refractivity contribution in [2.75, 3.05) is 6.54 Å². The lowest BCUT2D eigenvalue weighted by Gasteiger charge is -2.49. The third kappa shape index (κ3) is 12.6. The maximum absolute atomic E-state index is 11.8. The molecular formula is C28H51NO6. The second-order valence-corrected chi connectivity index (χ2v) is 10.0. The van der Waals surface area contributed by atoms with E-state index >= 15 is 0 Å². The van der Waals surface area contributed by atoms with Gasteiger partial charge in [-0.15, -0.1) is 0 Å². The van der Waals surface area contributed by atoms with Crippen LogP contribution in [0.3, 0.4) is 0 Å². The predicted octanol–water partition coefficient (Wildman–Crippen LogP) is 5.32. The summed E-state index contributed by atoms with van der Waals surface area (Å²) in [5.41, 5.74) is 0. The molecule has 0 aliphatic carbocycles. The summed E-state index contributed by atoms with van der Waals surface area (Å²) in [4.78, 5) is 35.2. The molecule has 35 heavy (non-hydrogen) atoms. The van der Waals surface area contributed by atoms with E-state index in [4.69, 9.17) is 0 Å². The summed E-state index contributed by atoms with van der Waals surface area (Å²) < 4.78 is -0.540. The molecule has 0 aromatic rings. The molecule has 0 saturated heterocycles. The molecule has 0 spiro atoms. The van der Waals surface area contributed by atoms with Gasteiger partial charge in [-0.25, -0.2) is 9.59 Å². The van der Waals surface area contributed by atoms with Crippen LogP contribution in [0.2, 0.25) is 0 Å². The Labute approximate surface area is 213 Å². The maximum atomic E-state index is 11.8. The molecule has 0 aromatic carbocycles. The summed E-state index contributed by atoms with van der Waals surface area (Å²) in [5.74, 6) is -3.82. The lowest BCUT2D eigenvalue weighted by atomic mass is 10.00. The van der Waals surface area contributed by atoms with Crippen molar-refractivity contribution in [1.82, 2.24) is 0 Å². The van der Waals surface area contributed by atoms with E-state index in [9.17, 15) is 29.7 Å². The normalized spacial score (nSPS) is 16.0. The number of carboxylic acids is 3. The fraction of sp³-hybridized carbons (Fsp3) is 0.821. The molecule has 2 N–H and O–H groups in total. The van der Waals surface area contributed by atoms with Crippen molar-refractivity contribution in [3.05, 3.63) is 12.2 Å². The lowest BCUT2D eigenvalue weighted by molar-refractivity contribution is -0.969. The highest BCUT2D eigenvalue weighted by molar-refractivity contribution is 5.76. The standard InChI is InChI=1S/C28H51NO6/c1-5-6-7-8-9-10-11-12-13-14-15-16-17-18-19-20-21-22-29(23(2)26(30)31,24(3)27(32)33)25(4)28(34)35/h7-8,23-25H,5-6,9-22H2,1-4H3,(H2-,30,31,32,33,34,35)/b8-7+. The summed E-state index contributed by atoms with van der Waals surface area (Å²) in [6, 6.07) is -3.55. The molecule has 204 valence electrons. The van der Waals surface area contributed by atoms with E-state index in [2.05, 4.69) is 19.1 Å². The van der Waals surface area contributed by atoms with Gasteiger partial charge >= 0.3 is 11.9 Å². The molecule has 0 aliphatic heterocycles. The van der Waals surface area contributed by atoms with E-state index in [1.165, 1.54) is 85.0 Å². The van der Waals surface area contributed by atoms with E-state index < -0.39 is 40.5 Å². The number of rotatable bonds is 23. The minimum atomic E-state index is -1.42. The van der Waals surface area contributed by atoms with Crippen LogP contribution in [0.5, 0.6) is 0 Å². The first-order valence-electron chi connectivity index (χ1n) is 13.8. The number of quaternary nitrogens is 1. The number of carboxylic acid groups (broad SMARTS) is 3. The van der Waals surface area contributed by atoms with E-state index in [1.807, 2.05) is 0 Å². The first kappa shape index (κ1) is 33.1. The topological polar surface area (TPSA) is 115 Å². The molecule has 0 aromatic heterocycles. The molecular weight excluding hydrogens is 446 g/mol. The average Bonchev–Trinajstić information content (AvgIpc) is 2.82. The minimum Gasteiger partial charge on any atom is -0.544 e. The van der Waals surface area contributed by atoms with Gasteiger partial charge in [-0.2, -0.15) is 0 Å². The van der Waals surface area contributed by atoms with Crippen LogP contribution in [0.4, 0.5) is 0 Å². The van der Waals surface area contributed by atoms with Gasteiger partial charge in [-0.05, 0) is 52.9 Å². The smallest absolute Gasteiger partial charge is 0.362 e. The first-order valence-corrected chi connectivity index (χ1v) is 13.8. The largest absolute Gasteiger partial charge is 0.544 e. The Morgan fingerprint density at radius 1 is 0.657 bits per heavy atom. The van der Waals surface area contributed by atoms with E-state index in [0.29, 0.717) is 6.42 Å². The van der Waals surface area contributed by atoms with Gasteiger partial charge in [0.1, 0.15) is 6.04 Å². The second kappa shape index (κ2) is 19.3. The van der Waals surface area contributed by atoms with Crippen molar-refractivity contribution >= 4 is 17.9 Å².